The molecule has 1 aromatic rings. The molecule has 0 unspecified atom stereocenters. The lowest BCUT2D eigenvalue weighted by atomic mass is 10.2. The van der Waals surface area contributed by atoms with Crippen LogP contribution in [0.5, 0.6) is 11.5 Å². The lowest BCUT2D eigenvalue weighted by Crippen LogP contribution is -1.90. The second-order valence-electron chi connectivity index (χ2n) is 2.65. The van der Waals surface area contributed by atoms with Crippen LogP contribution in [0, 0.1) is 0 Å². The number of carbonyl (C=O) groups is 1. The maximum atomic E-state index is 10.3. The second-order valence-corrected chi connectivity index (χ2v) is 3.27. The molecule has 0 radical (unpaired) electrons. The van der Waals surface area contributed by atoms with Crippen LogP contribution in [-0.2, 0) is 4.79 Å². The van der Waals surface area contributed by atoms with E-state index in [2.05, 4.69) is 0 Å². The van der Waals surface area contributed by atoms with Gasteiger partial charge in [-0.15, -0.1) is 0 Å². The zero-order chi connectivity index (χ0) is 11.3. The standard InChI is InChI=1S/C10H9IO4/c11-6-15-9-5-7(1-3-8(9)12)2-4-10(13)14/h1-5,12H,6H2,(H,13,14)/b4-2+. The molecule has 0 saturated carbocycles. The Morgan fingerprint density at radius 1 is 1.53 bits per heavy atom. The van der Waals surface area contributed by atoms with E-state index in [1.165, 1.54) is 12.1 Å². The number of alkyl halides is 1. The Kier molecular flexibility index (Phi) is 4.41. The zero-order valence-corrected chi connectivity index (χ0v) is 9.84. The van der Waals surface area contributed by atoms with Crippen LogP contribution in [-0.4, -0.2) is 20.8 Å². The third-order valence-corrected chi connectivity index (χ3v) is 1.92. The van der Waals surface area contributed by atoms with E-state index < -0.39 is 5.97 Å². The van der Waals surface area contributed by atoms with E-state index >= 15 is 0 Å². The Hall–Kier alpha value is -1.24. The van der Waals surface area contributed by atoms with Gasteiger partial charge in [0.05, 0.1) is 0 Å². The molecule has 5 heteroatoms. The molecule has 0 bridgehead atoms. The minimum atomic E-state index is -1.01. The van der Waals surface area contributed by atoms with Crippen molar-refractivity contribution >= 4 is 34.6 Å². The number of phenolic OH excluding ortho intramolecular Hbond substituents is 1. The smallest absolute Gasteiger partial charge is 0.328 e. The number of aromatic hydroxyl groups is 1. The van der Waals surface area contributed by atoms with Gasteiger partial charge in [-0.3, -0.25) is 0 Å². The van der Waals surface area contributed by atoms with Crippen molar-refractivity contribution in [3.8, 4) is 11.5 Å². The summed E-state index contributed by atoms with van der Waals surface area (Å²) >= 11 is 2.01. The monoisotopic (exact) mass is 320 g/mol. The third kappa shape index (κ3) is 3.78. The Morgan fingerprint density at radius 3 is 2.87 bits per heavy atom. The molecule has 0 saturated heterocycles. The van der Waals surface area contributed by atoms with Crippen molar-refractivity contribution in [3.05, 3.63) is 29.8 Å². The van der Waals surface area contributed by atoms with Crippen molar-refractivity contribution < 1.29 is 19.7 Å². The van der Waals surface area contributed by atoms with Crippen LogP contribution in [0.4, 0.5) is 0 Å². The number of benzene rings is 1. The predicted molar refractivity (Wildman–Crippen MR) is 64.3 cm³/mol. The molecule has 0 atom stereocenters. The molecule has 1 rings (SSSR count). The van der Waals surface area contributed by atoms with Gasteiger partial charge in [0.15, 0.2) is 11.5 Å². The summed E-state index contributed by atoms with van der Waals surface area (Å²) < 4.78 is 5.55. The SMILES string of the molecule is O=C(O)/C=C/c1ccc(O)c(OCI)c1. The lowest BCUT2D eigenvalue weighted by Gasteiger charge is -2.05. The number of hydrogen-bond donors (Lipinski definition) is 2. The number of hydrogen-bond acceptors (Lipinski definition) is 3. The minimum Gasteiger partial charge on any atom is -0.504 e. The first-order chi connectivity index (χ1) is 7.13. The largest absolute Gasteiger partial charge is 0.504 e. The molecule has 2 N–H and O–H groups in total. The normalized spacial score (nSPS) is 10.5. The Balaban J connectivity index is 2.91. The van der Waals surface area contributed by atoms with Gasteiger partial charge in [-0.2, -0.15) is 0 Å². The number of carboxylic acid groups (broad SMARTS) is 1. The van der Waals surface area contributed by atoms with Crippen molar-refractivity contribution in [1.82, 2.24) is 0 Å². The van der Waals surface area contributed by atoms with Crippen LogP contribution in [0.1, 0.15) is 5.56 Å². The molecule has 0 amide bonds. The molecule has 15 heavy (non-hydrogen) atoms. The minimum absolute atomic E-state index is 0.0409. The van der Waals surface area contributed by atoms with Crippen molar-refractivity contribution in [2.24, 2.45) is 0 Å². The topological polar surface area (TPSA) is 66.8 Å². The van der Waals surface area contributed by atoms with E-state index in [0.717, 1.165) is 6.08 Å². The molecule has 0 aliphatic rings. The van der Waals surface area contributed by atoms with Crippen molar-refractivity contribution in [1.29, 1.82) is 0 Å². The molecule has 4 nitrogen and oxygen atoms in total. The number of aliphatic carboxylic acids is 1. The Labute approximate surface area is 100 Å². The van der Waals surface area contributed by atoms with E-state index in [0.29, 0.717) is 15.9 Å². The van der Waals surface area contributed by atoms with E-state index in [-0.39, 0.29) is 5.75 Å². The van der Waals surface area contributed by atoms with Crippen LogP contribution in [0.15, 0.2) is 24.3 Å². The number of halogens is 1. The van der Waals surface area contributed by atoms with E-state index in [9.17, 15) is 9.90 Å². The number of rotatable bonds is 4. The molecule has 0 spiro atoms. The van der Waals surface area contributed by atoms with Crippen molar-refractivity contribution in [2.75, 3.05) is 4.61 Å². The summed E-state index contributed by atoms with van der Waals surface area (Å²) in [6, 6.07) is 4.64. The highest BCUT2D eigenvalue weighted by molar-refractivity contribution is 14.1. The molecule has 0 aliphatic carbocycles. The summed E-state index contributed by atoms with van der Waals surface area (Å²) in [5.74, 6) is -0.629. The molecule has 0 heterocycles. The third-order valence-electron chi connectivity index (χ3n) is 1.61. The van der Waals surface area contributed by atoms with Gasteiger partial charge in [-0.25, -0.2) is 4.79 Å². The fraction of sp³-hybridized carbons (Fsp3) is 0.100. The van der Waals surface area contributed by atoms with Gasteiger partial charge in [-0.1, -0.05) is 6.07 Å². The first-order valence-electron chi connectivity index (χ1n) is 4.06. The fourth-order valence-electron chi connectivity index (χ4n) is 0.976. The summed E-state index contributed by atoms with van der Waals surface area (Å²) in [4.78, 5) is 10.3. The van der Waals surface area contributed by atoms with Gasteiger partial charge in [0.2, 0.25) is 0 Å². The van der Waals surface area contributed by atoms with Crippen LogP contribution >= 0.6 is 22.6 Å². The van der Waals surface area contributed by atoms with Crippen molar-refractivity contribution in [3.63, 3.8) is 0 Å². The average Bonchev–Trinajstić information content (AvgIpc) is 2.19. The molecule has 0 aliphatic heterocycles. The van der Waals surface area contributed by atoms with Gasteiger partial charge < -0.3 is 14.9 Å². The maximum absolute atomic E-state index is 10.3. The van der Waals surface area contributed by atoms with Crippen LogP contribution < -0.4 is 4.74 Å². The number of phenols is 1. The van der Waals surface area contributed by atoms with E-state index in [4.69, 9.17) is 9.84 Å². The molecular formula is C10H9IO4. The first kappa shape index (κ1) is 11.8. The summed E-state index contributed by atoms with van der Waals surface area (Å²) in [6.45, 7) is 0. The second kappa shape index (κ2) is 5.59. The summed E-state index contributed by atoms with van der Waals surface area (Å²) in [6.07, 6.45) is 2.46. The highest BCUT2D eigenvalue weighted by Crippen LogP contribution is 2.27. The van der Waals surface area contributed by atoms with E-state index in [1.807, 2.05) is 22.6 Å². The summed E-state index contributed by atoms with van der Waals surface area (Å²) in [5, 5.41) is 17.8. The van der Waals surface area contributed by atoms with Crippen molar-refractivity contribution in [2.45, 2.75) is 0 Å². The van der Waals surface area contributed by atoms with Crippen LogP contribution in [0.25, 0.3) is 6.08 Å². The summed E-state index contributed by atoms with van der Waals surface area (Å²) in [7, 11) is 0. The van der Waals surface area contributed by atoms with Gasteiger partial charge in [0, 0.05) is 6.08 Å². The number of carboxylic acids is 1. The molecule has 0 aromatic heterocycles. The maximum Gasteiger partial charge on any atom is 0.328 e. The highest BCUT2D eigenvalue weighted by atomic mass is 127. The summed E-state index contributed by atoms with van der Waals surface area (Å²) in [5.41, 5.74) is 0.662. The highest BCUT2D eigenvalue weighted by Gasteiger charge is 2.01. The van der Waals surface area contributed by atoms with Crippen LogP contribution in [0.2, 0.25) is 0 Å². The molecule has 80 valence electrons. The quantitative estimate of drug-likeness (QED) is 0.507. The lowest BCUT2D eigenvalue weighted by molar-refractivity contribution is -0.131. The predicted octanol–water partition coefficient (Wildman–Crippen LogP) is 2.26. The first-order valence-corrected chi connectivity index (χ1v) is 5.59. The zero-order valence-electron chi connectivity index (χ0n) is 7.68. The van der Waals surface area contributed by atoms with E-state index in [1.54, 1.807) is 12.1 Å². The average molecular weight is 320 g/mol. The molecular weight excluding hydrogens is 311 g/mol. The molecule has 0 fully saturated rings. The van der Waals surface area contributed by atoms with Gasteiger partial charge >= 0.3 is 5.97 Å². The Bertz CT molecular complexity index is 387. The number of ether oxygens (including phenoxy) is 1. The van der Waals surface area contributed by atoms with Gasteiger partial charge in [0.25, 0.3) is 0 Å². The fourth-order valence-corrected chi connectivity index (χ4v) is 1.31. The van der Waals surface area contributed by atoms with Crippen LogP contribution in [0.3, 0.4) is 0 Å². The Morgan fingerprint density at radius 2 is 2.27 bits per heavy atom. The van der Waals surface area contributed by atoms with Gasteiger partial charge in [-0.05, 0) is 46.4 Å². The molecule has 1 aromatic carbocycles. The van der Waals surface area contributed by atoms with Gasteiger partial charge in [0.1, 0.15) is 4.61 Å².